The molecule has 35 heavy (non-hydrogen) atoms. The Morgan fingerprint density at radius 3 is 2.37 bits per heavy atom. The summed E-state index contributed by atoms with van der Waals surface area (Å²) in [5.41, 5.74) is 2.94. The van der Waals surface area contributed by atoms with E-state index in [-0.39, 0.29) is 11.9 Å². The summed E-state index contributed by atoms with van der Waals surface area (Å²) in [6.07, 6.45) is 1.92. The second kappa shape index (κ2) is 10.2. The van der Waals surface area contributed by atoms with E-state index in [1.165, 1.54) is 22.5 Å². The van der Waals surface area contributed by atoms with Gasteiger partial charge >= 0.3 is 0 Å². The van der Waals surface area contributed by atoms with Crippen LogP contribution in [0.1, 0.15) is 25.0 Å². The second-order valence-corrected chi connectivity index (χ2v) is 9.61. The molecule has 1 amide bonds. The monoisotopic (exact) mass is 478 g/mol. The lowest BCUT2D eigenvalue weighted by Gasteiger charge is -2.19. The summed E-state index contributed by atoms with van der Waals surface area (Å²) in [4.78, 5) is 20.3. The molecule has 4 aromatic carbocycles. The zero-order chi connectivity index (χ0) is 24.2. The van der Waals surface area contributed by atoms with Gasteiger partial charge in [0, 0.05) is 6.04 Å². The fraction of sp³-hybridized carbons (Fsp3) is 0.133. The van der Waals surface area contributed by atoms with E-state index in [9.17, 15) is 4.79 Å². The molecule has 5 heteroatoms. The standard InChI is InChI=1S/C30H26N2O2S/c1-21(2)32-29(33)28(35-30(32)31-25-12-4-3-5-13-25)19-22-15-17-26(18-16-22)34-20-24-11-8-10-23-9-6-7-14-27(23)24/h3-19,21H,20H2,1-2H3/b28-19+,31-30?. The van der Waals surface area contributed by atoms with Crippen LogP contribution in [0.2, 0.25) is 0 Å². The van der Waals surface area contributed by atoms with Crippen LogP contribution in [-0.4, -0.2) is 22.0 Å². The van der Waals surface area contributed by atoms with E-state index in [1.54, 1.807) is 4.90 Å². The summed E-state index contributed by atoms with van der Waals surface area (Å²) in [5.74, 6) is 0.775. The highest BCUT2D eigenvalue weighted by molar-refractivity contribution is 8.18. The van der Waals surface area contributed by atoms with Gasteiger partial charge < -0.3 is 4.74 Å². The smallest absolute Gasteiger partial charge is 0.266 e. The van der Waals surface area contributed by atoms with Gasteiger partial charge in [0.1, 0.15) is 12.4 Å². The van der Waals surface area contributed by atoms with Crippen LogP contribution >= 0.6 is 11.8 Å². The van der Waals surface area contributed by atoms with Crippen LogP contribution in [0.5, 0.6) is 5.75 Å². The number of fused-ring (bicyclic) bond motifs is 1. The van der Waals surface area contributed by atoms with Crippen molar-refractivity contribution in [1.82, 2.24) is 4.90 Å². The Morgan fingerprint density at radius 1 is 0.886 bits per heavy atom. The largest absolute Gasteiger partial charge is 0.489 e. The number of carbonyl (C=O) groups excluding carboxylic acids is 1. The van der Waals surface area contributed by atoms with Crippen molar-refractivity contribution in [3.8, 4) is 5.75 Å². The molecule has 0 bridgehead atoms. The van der Waals surface area contributed by atoms with Crippen molar-refractivity contribution in [2.24, 2.45) is 4.99 Å². The molecule has 1 aliphatic heterocycles. The molecule has 1 fully saturated rings. The van der Waals surface area contributed by atoms with E-state index in [0.29, 0.717) is 16.7 Å². The first-order valence-electron chi connectivity index (χ1n) is 11.6. The first-order valence-corrected chi connectivity index (χ1v) is 12.5. The summed E-state index contributed by atoms with van der Waals surface area (Å²) < 4.78 is 6.06. The molecule has 0 spiro atoms. The third-order valence-corrected chi connectivity index (χ3v) is 6.77. The molecular formula is C30H26N2O2S. The van der Waals surface area contributed by atoms with Gasteiger partial charge in [0.25, 0.3) is 5.91 Å². The molecule has 0 aliphatic carbocycles. The minimum absolute atomic E-state index is 0.0176. The Hall–Kier alpha value is -3.83. The number of ether oxygens (including phenoxy) is 1. The molecule has 0 unspecified atom stereocenters. The Balaban J connectivity index is 1.31. The molecule has 0 aromatic heterocycles. The number of amidine groups is 1. The molecule has 1 aliphatic rings. The molecule has 1 heterocycles. The maximum atomic E-state index is 13.1. The highest BCUT2D eigenvalue weighted by Crippen LogP contribution is 2.35. The minimum Gasteiger partial charge on any atom is -0.489 e. The van der Waals surface area contributed by atoms with Gasteiger partial charge in [-0.05, 0) is 77.9 Å². The lowest BCUT2D eigenvalue weighted by molar-refractivity contribution is -0.123. The lowest BCUT2D eigenvalue weighted by Crippen LogP contribution is -2.35. The number of thioether (sulfide) groups is 1. The zero-order valence-electron chi connectivity index (χ0n) is 19.7. The third-order valence-electron chi connectivity index (χ3n) is 5.79. The predicted molar refractivity (Wildman–Crippen MR) is 146 cm³/mol. The van der Waals surface area contributed by atoms with E-state index in [1.807, 2.05) is 86.7 Å². The Morgan fingerprint density at radius 2 is 1.60 bits per heavy atom. The number of carbonyl (C=O) groups is 1. The van der Waals surface area contributed by atoms with Crippen LogP contribution < -0.4 is 4.74 Å². The van der Waals surface area contributed by atoms with E-state index < -0.39 is 0 Å². The second-order valence-electron chi connectivity index (χ2n) is 8.61. The first kappa shape index (κ1) is 22.9. The number of aliphatic imine (C=N–C) groups is 1. The molecule has 0 N–H and O–H groups in total. The van der Waals surface area contributed by atoms with Gasteiger partial charge in [-0.1, -0.05) is 72.8 Å². The fourth-order valence-electron chi connectivity index (χ4n) is 4.02. The van der Waals surface area contributed by atoms with Crippen LogP contribution in [0, 0.1) is 0 Å². The maximum absolute atomic E-state index is 13.1. The minimum atomic E-state index is -0.0176. The average Bonchev–Trinajstić information content (AvgIpc) is 3.18. The van der Waals surface area contributed by atoms with Gasteiger partial charge in [0.15, 0.2) is 5.17 Å². The highest BCUT2D eigenvalue weighted by Gasteiger charge is 2.35. The van der Waals surface area contributed by atoms with Crippen molar-refractivity contribution in [2.45, 2.75) is 26.5 Å². The van der Waals surface area contributed by atoms with Gasteiger partial charge in [0.2, 0.25) is 0 Å². The van der Waals surface area contributed by atoms with Crippen LogP contribution in [0.3, 0.4) is 0 Å². The van der Waals surface area contributed by atoms with Gasteiger partial charge in [0.05, 0.1) is 10.6 Å². The summed E-state index contributed by atoms with van der Waals surface area (Å²) in [6, 6.07) is 32.2. The van der Waals surface area contributed by atoms with Gasteiger partial charge in [-0.25, -0.2) is 4.99 Å². The molecule has 4 nitrogen and oxygen atoms in total. The zero-order valence-corrected chi connectivity index (χ0v) is 20.5. The SMILES string of the molecule is CC(C)N1C(=O)/C(=C\c2ccc(OCc3cccc4ccccc34)cc2)SC1=Nc1ccccc1. The number of para-hydroxylation sites is 1. The number of hydrogen-bond acceptors (Lipinski definition) is 4. The average molecular weight is 479 g/mol. The van der Waals surface area contributed by atoms with Crippen molar-refractivity contribution in [1.29, 1.82) is 0 Å². The molecule has 0 saturated carbocycles. The fourth-order valence-corrected chi connectivity index (χ4v) is 5.14. The van der Waals surface area contributed by atoms with Crippen molar-refractivity contribution < 1.29 is 9.53 Å². The quantitative estimate of drug-likeness (QED) is 0.271. The molecular weight excluding hydrogens is 452 g/mol. The summed E-state index contributed by atoms with van der Waals surface area (Å²) in [7, 11) is 0. The topological polar surface area (TPSA) is 41.9 Å². The van der Waals surface area contributed by atoms with Crippen molar-refractivity contribution in [2.75, 3.05) is 0 Å². The van der Waals surface area contributed by atoms with E-state index in [2.05, 4.69) is 30.3 Å². The Bertz CT molecular complexity index is 1400. The number of rotatable bonds is 6. The molecule has 174 valence electrons. The van der Waals surface area contributed by atoms with E-state index >= 15 is 0 Å². The highest BCUT2D eigenvalue weighted by atomic mass is 32.2. The Labute approximate surface area is 210 Å². The van der Waals surface area contributed by atoms with Gasteiger partial charge in [-0.3, -0.25) is 9.69 Å². The summed E-state index contributed by atoms with van der Waals surface area (Å²) in [6.45, 7) is 4.51. The molecule has 1 saturated heterocycles. The number of benzene rings is 4. The van der Waals surface area contributed by atoms with Crippen molar-refractivity contribution in [3.63, 3.8) is 0 Å². The Kier molecular flexibility index (Phi) is 6.68. The van der Waals surface area contributed by atoms with E-state index in [0.717, 1.165) is 22.6 Å². The van der Waals surface area contributed by atoms with Crippen molar-refractivity contribution in [3.05, 3.63) is 113 Å². The summed E-state index contributed by atoms with van der Waals surface area (Å²) in [5, 5.41) is 3.12. The molecule has 4 aromatic rings. The summed E-state index contributed by atoms with van der Waals surface area (Å²) >= 11 is 1.41. The van der Waals surface area contributed by atoms with Gasteiger partial charge in [-0.2, -0.15) is 0 Å². The molecule has 0 atom stereocenters. The lowest BCUT2D eigenvalue weighted by atomic mass is 10.1. The third kappa shape index (κ3) is 5.15. The van der Waals surface area contributed by atoms with Crippen LogP contribution in [0.4, 0.5) is 5.69 Å². The van der Waals surface area contributed by atoms with Crippen LogP contribution in [-0.2, 0) is 11.4 Å². The molecule has 5 rings (SSSR count). The first-order chi connectivity index (χ1) is 17.1. The van der Waals surface area contributed by atoms with Crippen LogP contribution in [0.15, 0.2) is 107 Å². The number of amides is 1. The van der Waals surface area contributed by atoms with Gasteiger partial charge in [-0.15, -0.1) is 0 Å². The number of hydrogen-bond donors (Lipinski definition) is 0. The molecule has 0 radical (unpaired) electrons. The van der Waals surface area contributed by atoms with Crippen molar-refractivity contribution >= 4 is 45.4 Å². The normalized spacial score (nSPS) is 16.1. The van der Waals surface area contributed by atoms with E-state index in [4.69, 9.17) is 9.73 Å². The van der Waals surface area contributed by atoms with Crippen LogP contribution in [0.25, 0.3) is 16.8 Å². The number of nitrogens with zero attached hydrogens (tertiary/aromatic N) is 2. The predicted octanol–water partition coefficient (Wildman–Crippen LogP) is 7.43. The maximum Gasteiger partial charge on any atom is 0.266 e.